The van der Waals surface area contributed by atoms with Crippen LogP contribution in [0.5, 0.6) is 0 Å². The van der Waals surface area contributed by atoms with Gasteiger partial charge >= 0.3 is 0 Å². The lowest BCUT2D eigenvalue weighted by Gasteiger charge is -2.12. The van der Waals surface area contributed by atoms with E-state index in [1.54, 1.807) is 18.2 Å². The van der Waals surface area contributed by atoms with Gasteiger partial charge in [-0.15, -0.1) is 0 Å². The summed E-state index contributed by atoms with van der Waals surface area (Å²) >= 11 is 0. The first kappa shape index (κ1) is 60.3. The van der Waals surface area contributed by atoms with Crippen LogP contribution in [0.2, 0.25) is 0 Å². The zero-order valence-electron chi connectivity index (χ0n) is 47.9. The van der Waals surface area contributed by atoms with E-state index in [9.17, 15) is 17.6 Å². The number of rotatable bonds is 16. The van der Waals surface area contributed by atoms with Crippen LogP contribution >= 0.6 is 0 Å². The lowest BCUT2D eigenvalue weighted by atomic mass is 9.94. The van der Waals surface area contributed by atoms with Crippen LogP contribution in [-0.4, -0.2) is 0 Å². The smallest absolute Gasteiger partial charge is 0.131 e. The first-order valence-corrected chi connectivity index (χ1v) is 28.4. The highest BCUT2D eigenvalue weighted by atomic mass is 19.1. The second kappa shape index (κ2) is 30.3. The van der Waals surface area contributed by atoms with Gasteiger partial charge in [-0.1, -0.05) is 204 Å². The summed E-state index contributed by atoms with van der Waals surface area (Å²) in [7, 11) is 0. The molecule has 0 unspecified atom stereocenters. The maximum atomic E-state index is 14.2. The number of hydrogen-bond donors (Lipinski definition) is 0. The highest BCUT2D eigenvalue weighted by molar-refractivity contribution is 5.70. The molecular formula is C72H84F4. The molecule has 0 N–H and O–H groups in total. The third-order valence-corrected chi connectivity index (χ3v) is 14.9. The summed E-state index contributed by atoms with van der Waals surface area (Å²) < 4.78 is 56.1. The van der Waals surface area contributed by atoms with Crippen LogP contribution in [0.4, 0.5) is 17.6 Å². The molecular weight excluding hydrogens is 941 g/mol. The molecule has 0 atom stereocenters. The molecule has 0 bridgehead atoms. The third-order valence-electron chi connectivity index (χ3n) is 14.9. The Kier molecular flexibility index (Phi) is 24.0. The second-order valence-electron chi connectivity index (χ2n) is 19.4. The molecule has 0 saturated heterocycles. The topological polar surface area (TPSA) is 0 Å². The molecule has 400 valence electrons. The molecule has 0 radical (unpaired) electrons. The zero-order valence-corrected chi connectivity index (χ0v) is 47.9. The Morgan fingerprint density at radius 2 is 0.566 bits per heavy atom. The summed E-state index contributed by atoms with van der Waals surface area (Å²) in [5.41, 5.74) is 21.9. The van der Waals surface area contributed by atoms with E-state index in [1.807, 2.05) is 71.0 Å². The zero-order chi connectivity index (χ0) is 55.3. The summed E-state index contributed by atoms with van der Waals surface area (Å²) in [4.78, 5) is 0. The average molecular weight is 1030 g/mol. The Bertz CT molecular complexity index is 3100. The van der Waals surface area contributed by atoms with Crippen LogP contribution < -0.4 is 0 Å². The van der Waals surface area contributed by atoms with E-state index in [0.717, 1.165) is 120 Å². The normalized spacial score (nSPS) is 10.7. The molecule has 8 aromatic rings. The number of halogens is 4. The highest BCUT2D eigenvalue weighted by Gasteiger charge is 2.13. The van der Waals surface area contributed by atoms with Crippen molar-refractivity contribution in [1.82, 2.24) is 0 Å². The number of aryl methyl sites for hydroxylation is 11. The van der Waals surface area contributed by atoms with Gasteiger partial charge in [-0.3, -0.25) is 0 Å². The average Bonchev–Trinajstić information content (AvgIpc) is 3.47. The molecule has 0 aliphatic rings. The van der Waals surface area contributed by atoms with Crippen molar-refractivity contribution < 1.29 is 17.6 Å². The van der Waals surface area contributed by atoms with Crippen molar-refractivity contribution in [3.63, 3.8) is 0 Å². The Hall–Kier alpha value is -6.52. The van der Waals surface area contributed by atoms with Gasteiger partial charge in [0, 0.05) is 5.56 Å². The number of hydrogen-bond acceptors (Lipinski definition) is 0. The van der Waals surface area contributed by atoms with Gasteiger partial charge in [0.1, 0.15) is 23.3 Å². The third kappa shape index (κ3) is 15.8. The van der Waals surface area contributed by atoms with E-state index in [4.69, 9.17) is 0 Å². The van der Waals surface area contributed by atoms with Crippen LogP contribution in [0, 0.1) is 23.3 Å². The summed E-state index contributed by atoms with van der Waals surface area (Å²) in [6, 6.07) is 48.4. The molecule has 0 spiro atoms. The summed E-state index contributed by atoms with van der Waals surface area (Å²) in [5, 5.41) is 0. The van der Waals surface area contributed by atoms with Gasteiger partial charge < -0.3 is 0 Å². The maximum Gasteiger partial charge on any atom is 0.131 e. The highest BCUT2D eigenvalue weighted by Crippen LogP contribution is 2.31. The fourth-order valence-corrected chi connectivity index (χ4v) is 9.91. The van der Waals surface area contributed by atoms with Gasteiger partial charge in [-0.25, -0.2) is 17.6 Å². The molecule has 8 aromatic carbocycles. The molecule has 0 aromatic heterocycles. The standard InChI is InChI=1S/C18H20F2.2C18H21F.C18H22/c1-4-12-7-8-14(10-17(12)19)15-9-13(5-2)16(6-3)18(20)11-15;1-4-13-7-9-16(11-15(13)6-3)17-10-8-14(5-2)18(19)12-17;1-4-13-7-9-16(15(6-3)11-13)17-10-8-14(5-2)12-18(17)19;1-4-14-7-9-17(10-8-14)18-12-11-15(5-2)16(6-3)13-18/h7-11H,4-6H2,1-3H3;2*7-12H,4-6H2,1-3H3;7-13H,4-6H2,1-3H3. The Morgan fingerprint density at radius 1 is 0.211 bits per heavy atom. The van der Waals surface area contributed by atoms with Crippen molar-refractivity contribution in [3.05, 3.63) is 236 Å². The van der Waals surface area contributed by atoms with E-state index >= 15 is 0 Å². The van der Waals surface area contributed by atoms with Gasteiger partial charge in [0.2, 0.25) is 0 Å². The van der Waals surface area contributed by atoms with Crippen molar-refractivity contribution in [2.75, 3.05) is 0 Å². The molecule has 0 aliphatic heterocycles. The Balaban J connectivity index is 0.000000187. The Morgan fingerprint density at radius 3 is 0.987 bits per heavy atom. The fourth-order valence-electron chi connectivity index (χ4n) is 9.91. The first-order chi connectivity index (χ1) is 36.8. The minimum absolute atomic E-state index is 0.0994. The molecule has 8 rings (SSSR count). The molecule has 76 heavy (non-hydrogen) atoms. The van der Waals surface area contributed by atoms with Crippen molar-refractivity contribution in [2.45, 2.75) is 160 Å². The SMILES string of the molecule is CCc1ccc(-c2cc(F)c(CC)c(CC)c2)cc1F.CCc1ccc(-c2ccc(CC)c(CC)c2)cc1.CCc1ccc(-c2ccc(CC)c(CC)c2)cc1F.CCc1ccc(-c2ccc(CC)cc2CC)c(F)c1. The predicted octanol–water partition coefficient (Wildman–Crippen LogP) is 20.7. The van der Waals surface area contributed by atoms with E-state index in [1.165, 1.54) is 62.2 Å². The van der Waals surface area contributed by atoms with E-state index in [0.29, 0.717) is 18.4 Å². The minimum atomic E-state index is -0.219. The molecule has 0 amide bonds. The van der Waals surface area contributed by atoms with Crippen LogP contribution in [0.1, 0.15) is 150 Å². The second-order valence-corrected chi connectivity index (χ2v) is 19.4. The van der Waals surface area contributed by atoms with Crippen molar-refractivity contribution in [1.29, 1.82) is 0 Å². The van der Waals surface area contributed by atoms with Gasteiger partial charge in [-0.05, 0) is 207 Å². The summed E-state index contributed by atoms with van der Waals surface area (Å²) in [6.45, 7) is 25.2. The predicted molar refractivity (Wildman–Crippen MR) is 320 cm³/mol. The van der Waals surface area contributed by atoms with Crippen LogP contribution in [0.3, 0.4) is 0 Å². The fraction of sp³-hybridized carbons (Fsp3) is 0.333. The van der Waals surface area contributed by atoms with Crippen LogP contribution in [0.15, 0.2) is 146 Å². The van der Waals surface area contributed by atoms with E-state index < -0.39 is 0 Å². The van der Waals surface area contributed by atoms with Crippen LogP contribution in [-0.2, 0) is 77.0 Å². The molecule has 0 heterocycles. The first-order valence-electron chi connectivity index (χ1n) is 28.4. The van der Waals surface area contributed by atoms with Crippen LogP contribution in [0.25, 0.3) is 44.5 Å². The molecule has 0 nitrogen and oxygen atoms in total. The van der Waals surface area contributed by atoms with E-state index in [2.05, 4.69) is 127 Å². The van der Waals surface area contributed by atoms with Gasteiger partial charge in [0.05, 0.1) is 0 Å². The number of benzene rings is 8. The van der Waals surface area contributed by atoms with Crippen molar-refractivity contribution in [3.8, 4) is 44.5 Å². The van der Waals surface area contributed by atoms with Crippen molar-refractivity contribution in [2.24, 2.45) is 0 Å². The van der Waals surface area contributed by atoms with Gasteiger partial charge in [-0.2, -0.15) is 0 Å². The summed E-state index contributed by atoms with van der Waals surface area (Å²) in [6.07, 6.45) is 11.1. The monoisotopic (exact) mass is 1020 g/mol. The maximum absolute atomic E-state index is 14.2. The molecule has 4 heteroatoms. The quantitative estimate of drug-likeness (QED) is 0.0846. The van der Waals surface area contributed by atoms with Gasteiger partial charge in [0.15, 0.2) is 0 Å². The Labute approximate surface area is 455 Å². The minimum Gasteiger partial charge on any atom is -0.207 e. The largest absolute Gasteiger partial charge is 0.207 e. The lowest BCUT2D eigenvalue weighted by Crippen LogP contribution is -1.97. The molecule has 0 fully saturated rings. The van der Waals surface area contributed by atoms with Gasteiger partial charge in [0.25, 0.3) is 0 Å². The molecule has 0 saturated carbocycles. The lowest BCUT2D eigenvalue weighted by molar-refractivity contribution is 0.608. The van der Waals surface area contributed by atoms with Crippen molar-refractivity contribution >= 4 is 0 Å². The molecule has 0 aliphatic carbocycles. The van der Waals surface area contributed by atoms with E-state index in [-0.39, 0.29) is 23.3 Å². The summed E-state index contributed by atoms with van der Waals surface area (Å²) in [5.74, 6) is -0.624.